The van der Waals surface area contributed by atoms with E-state index in [0.29, 0.717) is 19.1 Å². The number of amides is 2. The second-order valence-electron chi connectivity index (χ2n) is 11.3. The fourth-order valence-electron chi connectivity index (χ4n) is 5.81. The van der Waals surface area contributed by atoms with Crippen molar-refractivity contribution in [3.05, 3.63) is 69.8 Å². The molecule has 3 aromatic rings. The number of anilines is 2. The molecule has 1 aliphatic carbocycles. The quantitative estimate of drug-likeness (QED) is 0.455. The first-order valence-corrected chi connectivity index (χ1v) is 13.7. The van der Waals surface area contributed by atoms with Crippen molar-refractivity contribution in [3.8, 4) is 0 Å². The molecule has 1 saturated heterocycles. The van der Waals surface area contributed by atoms with Gasteiger partial charge in [-0.05, 0) is 25.8 Å². The molecule has 1 aromatic carbocycles. The van der Waals surface area contributed by atoms with Crippen LogP contribution in [0.2, 0.25) is 5.02 Å². The zero-order valence-electron chi connectivity index (χ0n) is 22.8. The van der Waals surface area contributed by atoms with Crippen molar-refractivity contribution in [2.24, 2.45) is 7.05 Å². The highest BCUT2D eigenvalue weighted by Gasteiger charge is 2.47. The smallest absolute Gasteiger partial charge is 0.261 e. The van der Waals surface area contributed by atoms with Crippen molar-refractivity contribution < 1.29 is 22.8 Å². The van der Waals surface area contributed by atoms with Crippen LogP contribution >= 0.6 is 11.6 Å². The molecule has 1 N–H and O–H groups in total. The van der Waals surface area contributed by atoms with Gasteiger partial charge in [-0.25, -0.2) is 18.2 Å². The molecule has 2 aromatic heterocycles. The summed E-state index contributed by atoms with van der Waals surface area (Å²) in [6.45, 7) is 2.59. The number of pyridine rings is 1. The van der Waals surface area contributed by atoms with Crippen LogP contribution in [-0.2, 0) is 17.3 Å². The van der Waals surface area contributed by atoms with Gasteiger partial charge in [-0.2, -0.15) is 5.10 Å². The van der Waals surface area contributed by atoms with Gasteiger partial charge in [-0.1, -0.05) is 23.7 Å². The molecule has 13 heteroatoms. The molecule has 0 spiro atoms. The van der Waals surface area contributed by atoms with E-state index in [1.807, 2.05) is 11.9 Å². The fourth-order valence-corrected chi connectivity index (χ4v) is 5.98. The Morgan fingerprint density at radius 1 is 1.22 bits per heavy atom. The van der Waals surface area contributed by atoms with Crippen molar-refractivity contribution in [1.29, 1.82) is 0 Å². The minimum absolute atomic E-state index is 0.0456. The number of halogens is 4. The molecule has 216 valence electrons. The number of likely N-dealkylation sites (tertiary alicyclic amines) is 1. The number of fused-ring (bicyclic) bond motifs is 1. The number of carbonyl (C=O) groups excluding carboxylic acids is 2. The number of likely N-dealkylation sites (N-methyl/N-ethyl adjacent to an activating group) is 1. The van der Waals surface area contributed by atoms with Crippen LogP contribution in [0.4, 0.5) is 24.8 Å². The summed E-state index contributed by atoms with van der Waals surface area (Å²) in [6.07, 6.45) is 4.40. The predicted octanol–water partition coefficient (Wildman–Crippen LogP) is 3.57. The molecule has 3 aliphatic rings. The van der Waals surface area contributed by atoms with Crippen LogP contribution in [-0.4, -0.2) is 81.7 Å². The molecular weight excluding hydrogens is 559 g/mol. The van der Waals surface area contributed by atoms with Gasteiger partial charge in [0.05, 0.1) is 29.4 Å². The zero-order valence-corrected chi connectivity index (χ0v) is 23.6. The summed E-state index contributed by atoms with van der Waals surface area (Å²) in [5, 5.41) is 6.99. The number of nitrogens with zero attached hydrogens (tertiary/aromatic N) is 6. The van der Waals surface area contributed by atoms with E-state index < -0.39 is 28.8 Å². The minimum atomic E-state index is -1.48. The number of benzene rings is 1. The van der Waals surface area contributed by atoms with E-state index in [1.165, 1.54) is 36.1 Å². The molecule has 6 rings (SSSR count). The SMILES string of the molecule is CN(C(=O)CN1CC(Nc2ncc3c(c2F)[C@@](C)(c2cccc(Cl)c2F)CN(c2nn(C)cc2F)C3=O)C1)C1CC1. The molecule has 0 bridgehead atoms. The number of hydrogen-bond donors (Lipinski definition) is 1. The maximum atomic E-state index is 16.4. The first kappa shape index (κ1) is 27.5. The number of aromatic nitrogens is 3. The average Bonchev–Trinajstić information content (AvgIpc) is 3.70. The maximum absolute atomic E-state index is 16.4. The van der Waals surface area contributed by atoms with Crippen LogP contribution in [0, 0.1) is 17.5 Å². The lowest BCUT2D eigenvalue weighted by molar-refractivity contribution is -0.132. The van der Waals surface area contributed by atoms with E-state index in [1.54, 1.807) is 11.8 Å². The molecule has 1 saturated carbocycles. The third kappa shape index (κ3) is 4.72. The molecule has 4 heterocycles. The van der Waals surface area contributed by atoms with Gasteiger partial charge in [-0.3, -0.25) is 24.1 Å². The largest absolute Gasteiger partial charge is 0.362 e. The highest BCUT2D eigenvalue weighted by molar-refractivity contribution is 6.30. The van der Waals surface area contributed by atoms with Gasteiger partial charge in [0, 0.05) is 62.5 Å². The number of nitrogens with one attached hydrogen (secondary N) is 1. The van der Waals surface area contributed by atoms with Gasteiger partial charge in [0.15, 0.2) is 23.3 Å². The second-order valence-corrected chi connectivity index (χ2v) is 11.7. The molecular formula is C28H29ClF3N7O2. The number of hydrogen-bond acceptors (Lipinski definition) is 6. The Morgan fingerprint density at radius 3 is 2.61 bits per heavy atom. The van der Waals surface area contributed by atoms with Crippen LogP contribution in [0.1, 0.15) is 41.3 Å². The fraction of sp³-hybridized carbons (Fsp3) is 0.429. The van der Waals surface area contributed by atoms with Crippen molar-refractivity contribution in [2.45, 2.75) is 37.3 Å². The van der Waals surface area contributed by atoms with Crippen molar-refractivity contribution in [1.82, 2.24) is 24.6 Å². The van der Waals surface area contributed by atoms with Gasteiger partial charge >= 0.3 is 0 Å². The Morgan fingerprint density at radius 2 is 1.95 bits per heavy atom. The Balaban J connectivity index is 1.32. The predicted molar refractivity (Wildman–Crippen MR) is 147 cm³/mol. The third-order valence-electron chi connectivity index (χ3n) is 8.23. The van der Waals surface area contributed by atoms with E-state index in [2.05, 4.69) is 15.4 Å². The van der Waals surface area contributed by atoms with Crippen molar-refractivity contribution in [3.63, 3.8) is 0 Å². The molecule has 2 amide bonds. The Labute approximate surface area is 239 Å². The Kier molecular flexibility index (Phi) is 6.73. The standard InChI is InChI=1S/C28H29ClF3N7O2/c1-28(18-5-4-6-19(29)23(18)31)14-39(26-20(30)12-36(2)35-26)27(41)17-9-33-25(24(32)22(17)28)34-15-10-38(11-15)13-21(40)37(3)16-7-8-16/h4-6,9,12,15-16H,7-8,10-11,13-14H2,1-3H3,(H,33,34)/t28-/m1/s1. The van der Waals surface area contributed by atoms with Crippen LogP contribution in [0.5, 0.6) is 0 Å². The lowest BCUT2D eigenvalue weighted by Crippen LogP contribution is -2.57. The van der Waals surface area contributed by atoms with E-state index in [0.717, 1.165) is 23.9 Å². The van der Waals surface area contributed by atoms with E-state index in [9.17, 15) is 14.0 Å². The lowest BCUT2D eigenvalue weighted by atomic mass is 9.71. The second kappa shape index (κ2) is 10.0. The zero-order chi connectivity index (χ0) is 29.2. The summed E-state index contributed by atoms with van der Waals surface area (Å²) in [5.41, 5.74) is -1.62. The summed E-state index contributed by atoms with van der Waals surface area (Å²) >= 11 is 6.11. The number of rotatable bonds is 7. The maximum Gasteiger partial charge on any atom is 0.261 e. The summed E-state index contributed by atoms with van der Waals surface area (Å²) in [4.78, 5) is 35.0. The summed E-state index contributed by atoms with van der Waals surface area (Å²) in [6, 6.07) is 4.54. The van der Waals surface area contributed by atoms with E-state index in [4.69, 9.17) is 11.6 Å². The van der Waals surface area contributed by atoms with Crippen molar-refractivity contribution >= 4 is 35.1 Å². The number of aryl methyl sites for hydroxylation is 1. The molecule has 0 radical (unpaired) electrons. The van der Waals surface area contributed by atoms with Crippen LogP contribution in [0.15, 0.2) is 30.6 Å². The van der Waals surface area contributed by atoms with Gasteiger partial charge in [0.25, 0.3) is 5.91 Å². The lowest BCUT2D eigenvalue weighted by Gasteiger charge is -2.42. The monoisotopic (exact) mass is 587 g/mol. The van der Waals surface area contributed by atoms with E-state index in [-0.39, 0.29) is 58.4 Å². The molecule has 41 heavy (non-hydrogen) atoms. The molecule has 1 atom stereocenters. The molecule has 0 unspecified atom stereocenters. The topological polar surface area (TPSA) is 86.6 Å². The molecule has 9 nitrogen and oxygen atoms in total. The third-order valence-corrected chi connectivity index (χ3v) is 8.53. The summed E-state index contributed by atoms with van der Waals surface area (Å²) in [5.74, 6) is -3.31. The van der Waals surface area contributed by atoms with Gasteiger partial charge < -0.3 is 10.2 Å². The van der Waals surface area contributed by atoms with Crippen LogP contribution in [0.3, 0.4) is 0 Å². The highest BCUT2D eigenvalue weighted by Crippen LogP contribution is 2.45. The van der Waals surface area contributed by atoms with Gasteiger partial charge in [0.1, 0.15) is 5.82 Å². The Hall–Kier alpha value is -3.64. The normalized spacial score (nSPS) is 21.0. The van der Waals surface area contributed by atoms with E-state index >= 15 is 8.78 Å². The number of carbonyl (C=O) groups is 2. The van der Waals surface area contributed by atoms with Crippen LogP contribution in [0.25, 0.3) is 0 Å². The summed E-state index contributed by atoms with van der Waals surface area (Å²) < 4.78 is 47.8. The van der Waals surface area contributed by atoms with Crippen molar-refractivity contribution in [2.75, 3.05) is 43.4 Å². The first-order chi connectivity index (χ1) is 19.5. The first-order valence-electron chi connectivity index (χ1n) is 13.4. The minimum Gasteiger partial charge on any atom is -0.362 e. The average molecular weight is 588 g/mol. The molecule has 2 aliphatic heterocycles. The molecule has 2 fully saturated rings. The van der Waals surface area contributed by atoms with Gasteiger partial charge in [-0.15, -0.1) is 0 Å². The Bertz CT molecular complexity index is 1560. The highest BCUT2D eigenvalue weighted by atomic mass is 35.5. The van der Waals surface area contributed by atoms with Crippen LogP contribution < -0.4 is 10.2 Å². The summed E-state index contributed by atoms with van der Waals surface area (Å²) in [7, 11) is 3.32. The van der Waals surface area contributed by atoms with Gasteiger partial charge in [0.2, 0.25) is 5.91 Å².